The quantitative estimate of drug-likeness (QED) is 0.687. The summed E-state index contributed by atoms with van der Waals surface area (Å²) in [5, 5.41) is 2.92. The lowest BCUT2D eigenvalue weighted by atomic mass is 9.74. The van der Waals surface area contributed by atoms with E-state index in [-0.39, 0.29) is 58.1 Å². The zero-order valence-electron chi connectivity index (χ0n) is 19.7. The van der Waals surface area contributed by atoms with Crippen LogP contribution in [0.2, 0.25) is 5.02 Å². The molecule has 7 nitrogen and oxygen atoms in total. The predicted molar refractivity (Wildman–Crippen MR) is 127 cm³/mol. The fraction of sp³-hybridized carbons (Fsp3) is 0.346. The Balaban J connectivity index is 1.75. The van der Waals surface area contributed by atoms with E-state index in [2.05, 4.69) is 5.32 Å². The molecule has 0 unspecified atom stereocenters. The molecule has 2 aromatic carbocycles. The number of Topliss-reactive ketones (excluding diaryl/α,β-unsaturated/α-hetero) is 1. The maximum Gasteiger partial charge on any atom is 0.228 e. The highest BCUT2D eigenvalue weighted by Gasteiger charge is 2.59. The molecule has 34 heavy (non-hydrogen) atoms. The van der Waals surface area contributed by atoms with Gasteiger partial charge < -0.3 is 19.5 Å². The van der Waals surface area contributed by atoms with Gasteiger partial charge in [-0.3, -0.25) is 14.4 Å². The van der Waals surface area contributed by atoms with Crippen LogP contribution in [0.4, 0.5) is 0 Å². The first kappa shape index (κ1) is 23.8. The Kier molecular flexibility index (Phi) is 6.16. The summed E-state index contributed by atoms with van der Waals surface area (Å²) in [5.41, 5.74) is 1.51. The Morgan fingerprint density at radius 1 is 1.18 bits per heavy atom. The van der Waals surface area contributed by atoms with E-state index in [4.69, 9.17) is 25.8 Å². The van der Waals surface area contributed by atoms with Crippen molar-refractivity contribution in [1.29, 1.82) is 0 Å². The maximum absolute atomic E-state index is 13.9. The van der Waals surface area contributed by atoms with Gasteiger partial charge in [0, 0.05) is 24.5 Å². The lowest BCUT2D eigenvalue weighted by Gasteiger charge is -2.37. The molecule has 1 N–H and O–H groups in total. The Morgan fingerprint density at radius 3 is 2.56 bits per heavy atom. The lowest BCUT2D eigenvalue weighted by Crippen LogP contribution is -2.55. The molecular weight excluding hydrogens is 458 g/mol. The summed E-state index contributed by atoms with van der Waals surface area (Å²) in [5.74, 6) is -0.921. The van der Waals surface area contributed by atoms with Crippen LogP contribution in [0.1, 0.15) is 40.4 Å². The van der Waals surface area contributed by atoms with Gasteiger partial charge in [0.05, 0.1) is 26.3 Å². The van der Waals surface area contributed by atoms with Gasteiger partial charge in [0.2, 0.25) is 17.3 Å². The number of aryl methyl sites for hydroxylation is 2. The van der Waals surface area contributed by atoms with Crippen LogP contribution in [-0.4, -0.2) is 37.3 Å². The Hall–Kier alpha value is -3.32. The highest BCUT2D eigenvalue weighted by molar-refractivity contribution is 6.35. The molecule has 1 amide bonds. The molecule has 8 heteroatoms. The molecule has 0 radical (unpaired) electrons. The number of hydrogen-bond acceptors (Lipinski definition) is 6. The van der Waals surface area contributed by atoms with E-state index < -0.39 is 17.3 Å². The van der Waals surface area contributed by atoms with E-state index in [9.17, 15) is 14.4 Å². The van der Waals surface area contributed by atoms with Crippen molar-refractivity contribution in [1.82, 2.24) is 5.32 Å². The molecule has 0 bridgehead atoms. The molecule has 2 aliphatic rings. The number of halogens is 1. The molecule has 1 aliphatic heterocycles. The van der Waals surface area contributed by atoms with E-state index in [0.29, 0.717) is 0 Å². The molecule has 1 aliphatic carbocycles. The van der Waals surface area contributed by atoms with Crippen molar-refractivity contribution in [3.05, 3.63) is 63.3 Å². The van der Waals surface area contributed by atoms with Crippen LogP contribution >= 0.6 is 11.6 Å². The molecule has 0 fully saturated rings. The smallest absolute Gasteiger partial charge is 0.228 e. The van der Waals surface area contributed by atoms with Gasteiger partial charge in [-0.15, -0.1) is 0 Å². The van der Waals surface area contributed by atoms with Crippen molar-refractivity contribution < 1.29 is 28.6 Å². The summed E-state index contributed by atoms with van der Waals surface area (Å²) >= 11 is 6.49. The van der Waals surface area contributed by atoms with E-state index >= 15 is 0 Å². The molecule has 0 saturated heterocycles. The van der Waals surface area contributed by atoms with Crippen LogP contribution in [-0.2, 0) is 16.0 Å². The second-order valence-corrected chi connectivity index (χ2v) is 9.13. The molecule has 0 saturated carbocycles. The number of methoxy groups -OCH3 is 2. The van der Waals surface area contributed by atoms with Gasteiger partial charge in [0.1, 0.15) is 22.1 Å². The van der Waals surface area contributed by atoms with Gasteiger partial charge in [-0.1, -0.05) is 42.3 Å². The van der Waals surface area contributed by atoms with Gasteiger partial charge in [0.25, 0.3) is 0 Å². The standard InChI is InChI=1S/C26H26ClNO6/c1-13-6-7-14(2)16(8-13)10-21(30)28-20-11-17(29)9-15(3)26(20)25(31)22-18(32-4)12-19(33-5)23(27)24(22)34-26/h6-8,11-12,15H,9-10H2,1-5H3,(H,28,30)/t15-,26+/m1/s1. The summed E-state index contributed by atoms with van der Waals surface area (Å²) in [6.07, 6.45) is 1.44. The number of allylic oxidation sites excluding steroid dienone is 1. The first-order valence-corrected chi connectivity index (χ1v) is 11.3. The molecule has 0 aromatic heterocycles. The van der Waals surface area contributed by atoms with Crippen molar-refractivity contribution in [2.45, 2.75) is 39.2 Å². The highest BCUT2D eigenvalue weighted by atomic mass is 35.5. The predicted octanol–water partition coefficient (Wildman–Crippen LogP) is 4.14. The summed E-state index contributed by atoms with van der Waals surface area (Å²) in [7, 11) is 2.87. The maximum atomic E-state index is 13.9. The number of carbonyl (C=O) groups excluding carboxylic acids is 3. The zero-order chi connectivity index (χ0) is 24.8. The average Bonchev–Trinajstić information content (AvgIpc) is 3.10. The number of rotatable bonds is 5. The minimum absolute atomic E-state index is 0.0765. The first-order chi connectivity index (χ1) is 16.1. The van der Waals surface area contributed by atoms with Crippen LogP contribution in [0.5, 0.6) is 17.2 Å². The topological polar surface area (TPSA) is 90.9 Å². The molecule has 1 spiro atoms. The summed E-state index contributed by atoms with van der Waals surface area (Å²) in [4.78, 5) is 39.4. The van der Waals surface area contributed by atoms with Crippen LogP contribution in [0.25, 0.3) is 0 Å². The molecule has 178 valence electrons. The number of amides is 1. The van der Waals surface area contributed by atoms with Crippen molar-refractivity contribution in [2.75, 3.05) is 14.2 Å². The van der Waals surface area contributed by atoms with Crippen molar-refractivity contribution >= 4 is 29.1 Å². The normalized spacial score (nSPS) is 21.1. The lowest BCUT2D eigenvalue weighted by molar-refractivity contribution is -0.120. The minimum Gasteiger partial charge on any atom is -0.496 e. The Labute approximate surface area is 203 Å². The second kappa shape index (κ2) is 8.80. The van der Waals surface area contributed by atoms with Crippen LogP contribution in [0.15, 0.2) is 36.0 Å². The van der Waals surface area contributed by atoms with Gasteiger partial charge in [-0.05, 0) is 25.0 Å². The molecule has 4 rings (SSSR count). The van der Waals surface area contributed by atoms with Crippen molar-refractivity contribution in [3.63, 3.8) is 0 Å². The van der Waals surface area contributed by atoms with Crippen molar-refractivity contribution in [2.24, 2.45) is 5.92 Å². The monoisotopic (exact) mass is 483 g/mol. The third kappa shape index (κ3) is 3.74. The fourth-order valence-electron chi connectivity index (χ4n) is 4.63. The zero-order valence-corrected chi connectivity index (χ0v) is 20.5. The van der Waals surface area contributed by atoms with Gasteiger partial charge in [-0.25, -0.2) is 0 Å². The van der Waals surface area contributed by atoms with Gasteiger partial charge >= 0.3 is 0 Å². The van der Waals surface area contributed by atoms with Crippen LogP contribution in [0.3, 0.4) is 0 Å². The number of carbonyl (C=O) groups is 3. The SMILES string of the molecule is COc1cc(OC)c2c(c1Cl)O[C@]1(C2=O)C(NC(=O)Cc2cc(C)ccc2C)=CC(=O)C[C@H]1C. The first-order valence-electron chi connectivity index (χ1n) is 10.9. The Morgan fingerprint density at radius 2 is 1.88 bits per heavy atom. The number of ether oxygens (including phenoxy) is 3. The number of nitrogens with one attached hydrogen (secondary N) is 1. The minimum atomic E-state index is -1.61. The summed E-state index contributed by atoms with van der Waals surface area (Å²) in [6, 6.07) is 7.39. The van der Waals surface area contributed by atoms with Crippen LogP contribution in [0, 0.1) is 19.8 Å². The van der Waals surface area contributed by atoms with E-state index in [1.807, 2.05) is 32.0 Å². The number of fused-ring (bicyclic) bond motifs is 1. The molecule has 2 atom stereocenters. The Bertz CT molecular complexity index is 1250. The third-order valence-electron chi connectivity index (χ3n) is 6.46. The summed E-state index contributed by atoms with van der Waals surface area (Å²) < 4.78 is 17.0. The van der Waals surface area contributed by atoms with Crippen LogP contribution < -0.4 is 19.5 Å². The molecule has 1 heterocycles. The van der Waals surface area contributed by atoms with E-state index in [0.717, 1.165) is 16.7 Å². The number of ketones is 2. The van der Waals surface area contributed by atoms with Crippen molar-refractivity contribution in [3.8, 4) is 17.2 Å². The average molecular weight is 484 g/mol. The largest absolute Gasteiger partial charge is 0.496 e. The molecule has 2 aromatic rings. The van der Waals surface area contributed by atoms with Gasteiger partial charge in [-0.2, -0.15) is 0 Å². The number of benzene rings is 2. The van der Waals surface area contributed by atoms with E-state index in [1.54, 1.807) is 6.92 Å². The number of hydrogen-bond donors (Lipinski definition) is 1. The summed E-state index contributed by atoms with van der Waals surface area (Å²) in [6.45, 7) is 5.62. The third-order valence-corrected chi connectivity index (χ3v) is 6.81. The van der Waals surface area contributed by atoms with Gasteiger partial charge in [0.15, 0.2) is 11.5 Å². The molecular formula is C26H26ClNO6. The van der Waals surface area contributed by atoms with E-state index in [1.165, 1.54) is 26.4 Å². The highest BCUT2D eigenvalue weighted by Crippen LogP contribution is 2.54. The second-order valence-electron chi connectivity index (χ2n) is 8.75. The fourth-order valence-corrected chi connectivity index (χ4v) is 4.89.